The Kier molecular flexibility index (Phi) is 5.41. The van der Waals surface area contributed by atoms with E-state index in [0.29, 0.717) is 0 Å². The number of anilines is 3. The van der Waals surface area contributed by atoms with Crippen molar-refractivity contribution in [1.29, 1.82) is 0 Å². The molecule has 1 atom stereocenters. The third-order valence-corrected chi connectivity index (χ3v) is 5.58. The summed E-state index contributed by atoms with van der Waals surface area (Å²) in [4.78, 5) is 30.1. The first-order valence-electron chi connectivity index (χ1n) is 10.2. The lowest BCUT2D eigenvalue weighted by Gasteiger charge is -2.32. The van der Waals surface area contributed by atoms with E-state index in [1.165, 1.54) is 12.8 Å². The Balaban J connectivity index is 1.64. The van der Waals surface area contributed by atoms with Crippen LogP contribution in [0.15, 0.2) is 24.4 Å². The Morgan fingerprint density at radius 3 is 2.68 bits per heavy atom. The van der Waals surface area contributed by atoms with Crippen LogP contribution in [0.4, 0.5) is 17.6 Å². The van der Waals surface area contributed by atoms with Gasteiger partial charge in [0.1, 0.15) is 11.6 Å². The van der Waals surface area contributed by atoms with Crippen molar-refractivity contribution in [3.8, 4) is 0 Å². The van der Waals surface area contributed by atoms with Gasteiger partial charge in [0.05, 0.1) is 5.69 Å². The molecule has 0 saturated carbocycles. The summed E-state index contributed by atoms with van der Waals surface area (Å²) < 4.78 is 0. The van der Waals surface area contributed by atoms with E-state index in [-0.39, 0.29) is 11.8 Å². The number of aromatic nitrogens is 3. The molecule has 7 nitrogen and oxygen atoms in total. The zero-order valence-electron chi connectivity index (χ0n) is 16.7. The van der Waals surface area contributed by atoms with E-state index in [9.17, 15) is 4.79 Å². The van der Waals surface area contributed by atoms with Gasteiger partial charge in [-0.1, -0.05) is 0 Å². The van der Waals surface area contributed by atoms with Crippen molar-refractivity contribution in [2.24, 2.45) is 0 Å². The molecule has 1 N–H and O–H groups in total. The van der Waals surface area contributed by atoms with Gasteiger partial charge in [0.25, 0.3) is 0 Å². The van der Waals surface area contributed by atoms with Gasteiger partial charge in [0.15, 0.2) is 0 Å². The van der Waals surface area contributed by atoms with E-state index in [2.05, 4.69) is 15.2 Å². The van der Waals surface area contributed by atoms with Crippen molar-refractivity contribution in [2.45, 2.75) is 45.4 Å². The molecule has 28 heavy (non-hydrogen) atoms. The molecule has 1 amide bonds. The van der Waals surface area contributed by atoms with Crippen LogP contribution < -0.4 is 10.2 Å². The van der Waals surface area contributed by atoms with Gasteiger partial charge >= 0.3 is 0 Å². The Bertz CT molecular complexity index is 849. The van der Waals surface area contributed by atoms with Gasteiger partial charge in [-0.15, -0.1) is 0 Å². The van der Waals surface area contributed by atoms with E-state index < -0.39 is 0 Å². The average molecular weight is 380 g/mol. The highest BCUT2D eigenvalue weighted by molar-refractivity contribution is 5.73. The van der Waals surface area contributed by atoms with Gasteiger partial charge in [0, 0.05) is 51.3 Å². The highest BCUT2D eigenvalue weighted by atomic mass is 16.2. The van der Waals surface area contributed by atoms with E-state index in [1.807, 2.05) is 30.0 Å². The van der Waals surface area contributed by atoms with E-state index in [1.54, 1.807) is 13.1 Å². The number of rotatable bonds is 4. The smallest absolute Gasteiger partial charge is 0.227 e. The van der Waals surface area contributed by atoms with E-state index in [4.69, 9.17) is 9.97 Å². The topological polar surface area (TPSA) is 74.2 Å². The molecule has 2 aromatic rings. The number of pyridine rings is 1. The Morgan fingerprint density at radius 2 is 1.93 bits per heavy atom. The maximum atomic E-state index is 11.9. The minimum absolute atomic E-state index is 0.140. The Morgan fingerprint density at radius 1 is 1.11 bits per heavy atom. The first kappa shape index (κ1) is 18.7. The van der Waals surface area contributed by atoms with Crippen molar-refractivity contribution < 1.29 is 4.79 Å². The normalized spacial score (nSPS) is 19.7. The maximum absolute atomic E-state index is 11.9. The summed E-state index contributed by atoms with van der Waals surface area (Å²) in [5.41, 5.74) is 2.16. The molecule has 7 heteroatoms. The molecule has 2 aliphatic heterocycles. The number of hydrogen-bond acceptors (Lipinski definition) is 6. The second-order valence-electron chi connectivity index (χ2n) is 7.82. The van der Waals surface area contributed by atoms with Crippen molar-refractivity contribution in [1.82, 2.24) is 19.9 Å². The monoisotopic (exact) mass is 380 g/mol. The zero-order chi connectivity index (χ0) is 19.5. The van der Waals surface area contributed by atoms with Crippen molar-refractivity contribution in [2.75, 3.05) is 36.4 Å². The molecule has 4 heterocycles. The minimum atomic E-state index is 0.140. The van der Waals surface area contributed by atoms with Crippen LogP contribution in [0.5, 0.6) is 0 Å². The van der Waals surface area contributed by atoms with Gasteiger partial charge in [-0.2, -0.15) is 4.98 Å². The summed E-state index contributed by atoms with van der Waals surface area (Å²) in [5.74, 6) is 2.72. The molecule has 0 aliphatic carbocycles. The van der Waals surface area contributed by atoms with Crippen LogP contribution >= 0.6 is 0 Å². The lowest BCUT2D eigenvalue weighted by atomic mass is 9.94. The van der Waals surface area contributed by atoms with Crippen LogP contribution in [0.25, 0.3) is 0 Å². The van der Waals surface area contributed by atoms with Crippen LogP contribution in [0.2, 0.25) is 0 Å². The Hall–Kier alpha value is -2.70. The fraction of sp³-hybridized carbons (Fsp3) is 0.524. The minimum Gasteiger partial charge on any atom is -0.342 e. The number of aryl methyl sites for hydroxylation is 1. The van der Waals surface area contributed by atoms with E-state index >= 15 is 0 Å². The van der Waals surface area contributed by atoms with Gasteiger partial charge in [0.2, 0.25) is 11.9 Å². The molecule has 2 saturated heterocycles. The summed E-state index contributed by atoms with van der Waals surface area (Å²) in [6, 6.07) is 6.01. The summed E-state index contributed by atoms with van der Waals surface area (Å²) in [6.07, 6.45) is 6.21. The van der Waals surface area contributed by atoms with Crippen LogP contribution in [0.3, 0.4) is 0 Å². The number of carbonyl (C=O) groups excluding carboxylic acids is 1. The predicted molar refractivity (Wildman–Crippen MR) is 110 cm³/mol. The highest BCUT2D eigenvalue weighted by Gasteiger charge is 2.26. The third kappa shape index (κ3) is 4.24. The quantitative estimate of drug-likeness (QED) is 0.878. The van der Waals surface area contributed by atoms with Gasteiger partial charge < -0.3 is 15.1 Å². The molecule has 2 aliphatic rings. The molecule has 2 fully saturated rings. The summed E-state index contributed by atoms with van der Waals surface area (Å²) in [6.45, 7) is 7.26. The van der Waals surface area contributed by atoms with Gasteiger partial charge in [-0.25, -0.2) is 9.97 Å². The summed E-state index contributed by atoms with van der Waals surface area (Å²) >= 11 is 0. The number of nitrogens with zero attached hydrogens (tertiary/aromatic N) is 5. The standard InChI is InChI=1S/C21H28N6O/c1-15-7-8-22-19(12-15)24-20-13-18(17-6-5-11-27(14-17)16(2)28)23-21(25-20)26-9-3-4-10-26/h7-8,12-13,17H,3-6,9-11,14H2,1-2H3,(H,22,23,24,25). The number of nitrogens with one attached hydrogen (secondary N) is 1. The van der Waals surface area contributed by atoms with E-state index in [0.717, 1.165) is 67.9 Å². The van der Waals surface area contributed by atoms with Crippen LogP contribution in [0, 0.1) is 6.92 Å². The Labute approximate surface area is 166 Å². The second-order valence-corrected chi connectivity index (χ2v) is 7.82. The molecule has 0 spiro atoms. The molecule has 0 radical (unpaired) electrons. The van der Waals surface area contributed by atoms with Gasteiger partial charge in [-0.05, 0) is 50.3 Å². The molecule has 2 aromatic heterocycles. The largest absolute Gasteiger partial charge is 0.342 e. The predicted octanol–water partition coefficient (Wildman–Crippen LogP) is 3.25. The van der Waals surface area contributed by atoms with Crippen LogP contribution in [-0.2, 0) is 4.79 Å². The number of amides is 1. The van der Waals surface area contributed by atoms with Crippen molar-refractivity contribution >= 4 is 23.5 Å². The SMILES string of the molecule is CC(=O)N1CCCC(c2cc(Nc3cc(C)ccn3)nc(N3CCCC3)n2)C1. The third-order valence-electron chi connectivity index (χ3n) is 5.58. The van der Waals surface area contributed by atoms with Gasteiger partial charge in [-0.3, -0.25) is 4.79 Å². The number of piperidine rings is 1. The lowest BCUT2D eigenvalue weighted by Crippen LogP contribution is -2.38. The lowest BCUT2D eigenvalue weighted by molar-refractivity contribution is -0.130. The first-order chi connectivity index (χ1) is 13.6. The first-order valence-corrected chi connectivity index (χ1v) is 10.2. The zero-order valence-corrected chi connectivity index (χ0v) is 16.7. The summed E-state index contributed by atoms with van der Waals surface area (Å²) in [7, 11) is 0. The number of likely N-dealkylation sites (tertiary alicyclic amines) is 1. The average Bonchev–Trinajstić information content (AvgIpc) is 3.23. The molecular weight excluding hydrogens is 352 g/mol. The van der Waals surface area contributed by atoms with Crippen molar-refractivity contribution in [3.63, 3.8) is 0 Å². The highest BCUT2D eigenvalue weighted by Crippen LogP contribution is 2.30. The van der Waals surface area contributed by atoms with Crippen molar-refractivity contribution in [3.05, 3.63) is 35.7 Å². The fourth-order valence-corrected chi connectivity index (χ4v) is 4.02. The van der Waals surface area contributed by atoms with Crippen LogP contribution in [-0.4, -0.2) is 51.9 Å². The maximum Gasteiger partial charge on any atom is 0.227 e. The number of carbonyl (C=O) groups is 1. The van der Waals surface area contributed by atoms with Crippen LogP contribution in [0.1, 0.15) is 49.8 Å². The molecular formula is C21H28N6O. The molecule has 4 rings (SSSR count). The molecule has 0 bridgehead atoms. The molecule has 0 aromatic carbocycles. The number of hydrogen-bond donors (Lipinski definition) is 1. The molecule has 148 valence electrons. The fourth-order valence-electron chi connectivity index (χ4n) is 4.02. The summed E-state index contributed by atoms with van der Waals surface area (Å²) in [5, 5.41) is 3.35. The molecule has 1 unspecified atom stereocenters. The second kappa shape index (κ2) is 8.12.